The molecule has 0 aliphatic carbocycles. The molecule has 0 saturated heterocycles. The quantitative estimate of drug-likeness (QED) is 0.734. The van der Waals surface area contributed by atoms with Crippen molar-refractivity contribution >= 4 is 0 Å². The number of pyridine rings is 1. The van der Waals surface area contributed by atoms with Crippen LogP contribution in [0.3, 0.4) is 0 Å². The molecule has 1 aromatic heterocycles. The van der Waals surface area contributed by atoms with Gasteiger partial charge in [0, 0.05) is 24.4 Å². The first-order chi connectivity index (χ1) is 5.88. The van der Waals surface area contributed by atoms with Crippen LogP contribution >= 0.6 is 0 Å². The third-order valence-electron chi connectivity index (χ3n) is 2.05. The Morgan fingerprint density at radius 3 is 2.83 bits per heavy atom. The average Bonchev–Trinajstić information content (AvgIpc) is 2.15. The first kappa shape index (κ1) is 9.20. The topological polar surface area (TPSA) is 24.9 Å². The molecule has 1 atom stereocenters. The summed E-state index contributed by atoms with van der Waals surface area (Å²) >= 11 is 0. The van der Waals surface area contributed by atoms with Crippen LogP contribution in [-0.4, -0.2) is 18.6 Å². The van der Waals surface area contributed by atoms with Crippen LogP contribution < -0.4 is 5.32 Å². The Balaban J connectivity index is 2.66. The van der Waals surface area contributed by atoms with Gasteiger partial charge < -0.3 is 5.32 Å². The lowest BCUT2D eigenvalue weighted by Gasteiger charge is -2.12. The van der Waals surface area contributed by atoms with E-state index in [1.54, 1.807) is 0 Å². The van der Waals surface area contributed by atoms with E-state index < -0.39 is 0 Å². The molecule has 0 aromatic carbocycles. The molecule has 1 unspecified atom stereocenters. The van der Waals surface area contributed by atoms with Gasteiger partial charge in [-0.25, -0.2) is 0 Å². The second-order valence-electron chi connectivity index (χ2n) is 2.92. The van der Waals surface area contributed by atoms with Crippen LogP contribution in [0.25, 0.3) is 0 Å². The van der Waals surface area contributed by atoms with Gasteiger partial charge in [-0.1, -0.05) is 13.0 Å². The number of hydrogen-bond donors (Lipinski definition) is 1. The van der Waals surface area contributed by atoms with E-state index in [1.807, 2.05) is 25.4 Å². The number of likely N-dealkylation sites (N-methyl/N-ethyl adjacent to an activating group) is 1. The van der Waals surface area contributed by atoms with Crippen molar-refractivity contribution in [2.45, 2.75) is 19.3 Å². The Kier molecular flexibility index (Phi) is 3.74. The third kappa shape index (κ3) is 2.31. The summed E-state index contributed by atoms with van der Waals surface area (Å²) in [6, 6.07) is 6.09. The molecule has 2 nitrogen and oxygen atoms in total. The first-order valence-corrected chi connectivity index (χ1v) is 4.44. The van der Waals surface area contributed by atoms with Crippen molar-refractivity contribution in [2.75, 3.05) is 13.6 Å². The van der Waals surface area contributed by atoms with Gasteiger partial charge in [0.25, 0.3) is 0 Å². The fourth-order valence-corrected chi connectivity index (χ4v) is 1.32. The van der Waals surface area contributed by atoms with Crippen LogP contribution in [0.15, 0.2) is 24.4 Å². The minimum absolute atomic E-state index is 0.552. The largest absolute Gasteiger partial charge is 0.319 e. The summed E-state index contributed by atoms with van der Waals surface area (Å²) in [4.78, 5) is 4.33. The zero-order valence-corrected chi connectivity index (χ0v) is 7.75. The van der Waals surface area contributed by atoms with Gasteiger partial charge in [0.15, 0.2) is 0 Å². The van der Waals surface area contributed by atoms with Crippen molar-refractivity contribution in [3.63, 3.8) is 0 Å². The van der Waals surface area contributed by atoms with Crippen molar-refractivity contribution < 1.29 is 0 Å². The van der Waals surface area contributed by atoms with Crippen LogP contribution in [-0.2, 0) is 0 Å². The molecule has 1 heterocycles. The number of hydrogen-bond acceptors (Lipinski definition) is 2. The Bertz CT molecular complexity index is 208. The van der Waals surface area contributed by atoms with E-state index in [0.29, 0.717) is 5.92 Å². The molecule has 1 rings (SSSR count). The van der Waals surface area contributed by atoms with Gasteiger partial charge in [-0.15, -0.1) is 0 Å². The SMILES string of the molecule is CCC(CNC)c1ccccn1. The Morgan fingerprint density at radius 1 is 1.50 bits per heavy atom. The molecule has 1 N–H and O–H groups in total. The van der Waals surface area contributed by atoms with Crippen molar-refractivity contribution in [3.05, 3.63) is 30.1 Å². The number of aromatic nitrogens is 1. The molecular weight excluding hydrogens is 148 g/mol. The van der Waals surface area contributed by atoms with Crippen molar-refractivity contribution in [3.8, 4) is 0 Å². The molecule has 0 saturated carbocycles. The predicted molar refractivity (Wildman–Crippen MR) is 51.2 cm³/mol. The van der Waals surface area contributed by atoms with Gasteiger partial charge in [0.2, 0.25) is 0 Å². The fourth-order valence-electron chi connectivity index (χ4n) is 1.32. The van der Waals surface area contributed by atoms with Gasteiger partial charge in [0.1, 0.15) is 0 Å². The maximum absolute atomic E-state index is 4.33. The molecule has 1 aromatic rings. The van der Waals surface area contributed by atoms with Crippen LogP contribution in [0.4, 0.5) is 0 Å². The summed E-state index contributed by atoms with van der Waals surface area (Å²) < 4.78 is 0. The van der Waals surface area contributed by atoms with E-state index in [2.05, 4.69) is 23.3 Å². The lowest BCUT2D eigenvalue weighted by Crippen LogP contribution is -2.17. The molecule has 2 heteroatoms. The van der Waals surface area contributed by atoms with E-state index in [0.717, 1.165) is 13.0 Å². The molecular formula is C10H16N2. The smallest absolute Gasteiger partial charge is 0.0447 e. The molecule has 0 aliphatic heterocycles. The molecule has 0 bridgehead atoms. The van der Waals surface area contributed by atoms with Gasteiger partial charge in [-0.2, -0.15) is 0 Å². The summed E-state index contributed by atoms with van der Waals surface area (Å²) in [7, 11) is 1.98. The predicted octanol–water partition coefficient (Wildman–Crippen LogP) is 1.79. The van der Waals surface area contributed by atoms with Crippen molar-refractivity contribution in [1.29, 1.82) is 0 Å². The maximum Gasteiger partial charge on any atom is 0.0447 e. The fraction of sp³-hybridized carbons (Fsp3) is 0.500. The zero-order chi connectivity index (χ0) is 8.81. The monoisotopic (exact) mass is 164 g/mol. The van der Waals surface area contributed by atoms with Crippen molar-refractivity contribution in [2.24, 2.45) is 0 Å². The summed E-state index contributed by atoms with van der Waals surface area (Å²) in [5.74, 6) is 0.552. The lowest BCUT2D eigenvalue weighted by atomic mass is 10.0. The minimum atomic E-state index is 0.552. The lowest BCUT2D eigenvalue weighted by molar-refractivity contribution is 0.597. The van der Waals surface area contributed by atoms with E-state index in [4.69, 9.17) is 0 Å². The van der Waals surface area contributed by atoms with Crippen LogP contribution in [0.1, 0.15) is 25.0 Å². The number of nitrogens with zero attached hydrogens (tertiary/aromatic N) is 1. The molecule has 66 valence electrons. The second kappa shape index (κ2) is 4.88. The van der Waals surface area contributed by atoms with Gasteiger partial charge in [-0.05, 0) is 25.6 Å². The molecule has 12 heavy (non-hydrogen) atoms. The molecule has 0 amide bonds. The molecule has 0 spiro atoms. The Hall–Kier alpha value is -0.890. The third-order valence-corrected chi connectivity index (χ3v) is 2.05. The Morgan fingerprint density at radius 2 is 2.33 bits per heavy atom. The second-order valence-corrected chi connectivity index (χ2v) is 2.92. The molecule has 0 fully saturated rings. The summed E-state index contributed by atoms with van der Waals surface area (Å²) in [5, 5.41) is 3.18. The summed E-state index contributed by atoms with van der Waals surface area (Å²) in [6.45, 7) is 3.20. The van der Waals surface area contributed by atoms with Gasteiger partial charge >= 0.3 is 0 Å². The standard InChI is InChI=1S/C10H16N2/c1-3-9(8-11-2)10-6-4-5-7-12-10/h4-7,9,11H,3,8H2,1-2H3. The number of nitrogens with one attached hydrogen (secondary N) is 1. The summed E-state index contributed by atoms with van der Waals surface area (Å²) in [6.07, 6.45) is 2.99. The highest BCUT2D eigenvalue weighted by atomic mass is 14.8. The minimum Gasteiger partial charge on any atom is -0.319 e. The van der Waals surface area contributed by atoms with Crippen LogP contribution in [0.5, 0.6) is 0 Å². The number of rotatable bonds is 4. The normalized spacial score (nSPS) is 12.8. The highest BCUT2D eigenvalue weighted by molar-refractivity contribution is 5.09. The van der Waals surface area contributed by atoms with E-state index >= 15 is 0 Å². The van der Waals surface area contributed by atoms with Gasteiger partial charge in [-0.3, -0.25) is 4.98 Å². The van der Waals surface area contributed by atoms with Crippen molar-refractivity contribution in [1.82, 2.24) is 10.3 Å². The van der Waals surface area contributed by atoms with Gasteiger partial charge in [0.05, 0.1) is 0 Å². The summed E-state index contributed by atoms with van der Waals surface area (Å²) in [5.41, 5.74) is 1.19. The van der Waals surface area contributed by atoms with E-state index in [-0.39, 0.29) is 0 Å². The highest BCUT2D eigenvalue weighted by Gasteiger charge is 2.07. The Labute approximate surface area is 74.0 Å². The van der Waals surface area contributed by atoms with E-state index in [1.165, 1.54) is 5.69 Å². The van der Waals surface area contributed by atoms with E-state index in [9.17, 15) is 0 Å². The zero-order valence-electron chi connectivity index (χ0n) is 7.75. The maximum atomic E-state index is 4.33. The van der Waals surface area contributed by atoms with Crippen LogP contribution in [0.2, 0.25) is 0 Å². The van der Waals surface area contributed by atoms with Crippen LogP contribution in [0, 0.1) is 0 Å². The first-order valence-electron chi connectivity index (χ1n) is 4.44. The highest BCUT2D eigenvalue weighted by Crippen LogP contribution is 2.14. The molecule has 0 aliphatic rings. The average molecular weight is 164 g/mol. The molecule has 0 radical (unpaired) electrons.